The third kappa shape index (κ3) is 2.89. The van der Waals surface area contributed by atoms with Gasteiger partial charge in [-0.1, -0.05) is 23.2 Å². The third-order valence-electron chi connectivity index (χ3n) is 2.16. The minimum atomic E-state index is -0.113. The van der Waals surface area contributed by atoms with E-state index in [1.54, 1.807) is 18.4 Å². The maximum absolute atomic E-state index is 9.41. The van der Waals surface area contributed by atoms with Crippen molar-refractivity contribution in [2.45, 2.75) is 6.54 Å². The van der Waals surface area contributed by atoms with E-state index < -0.39 is 0 Å². The molecular formula is C11H8BrCl2NO2. The first-order valence-corrected chi connectivity index (χ1v) is 6.26. The largest absolute Gasteiger partial charge is 0.505 e. The molecule has 1 aromatic heterocycles. The summed E-state index contributed by atoms with van der Waals surface area (Å²) in [5.41, 5.74) is 0.709. The van der Waals surface area contributed by atoms with Crippen LogP contribution in [-0.4, -0.2) is 5.11 Å². The van der Waals surface area contributed by atoms with Crippen LogP contribution in [0.2, 0.25) is 10.0 Å². The quantitative estimate of drug-likeness (QED) is 0.801. The van der Waals surface area contributed by atoms with E-state index in [9.17, 15) is 5.11 Å². The number of rotatable bonds is 3. The van der Waals surface area contributed by atoms with Crippen LogP contribution in [0.15, 0.2) is 33.4 Å². The Bertz CT molecular complexity index is 519. The average molecular weight is 337 g/mol. The fraction of sp³-hybridized carbons (Fsp3) is 0.0909. The molecule has 0 radical (unpaired) electrons. The molecule has 0 saturated carbocycles. The number of phenols is 1. The van der Waals surface area contributed by atoms with Crippen LogP contribution in [0.3, 0.4) is 0 Å². The zero-order chi connectivity index (χ0) is 12.4. The first kappa shape index (κ1) is 12.6. The van der Waals surface area contributed by atoms with E-state index in [1.165, 1.54) is 0 Å². The molecule has 0 saturated heterocycles. The summed E-state index contributed by atoms with van der Waals surface area (Å²) in [4.78, 5) is 0. The summed E-state index contributed by atoms with van der Waals surface area (Å²) in [7, 11) is 0. The van der Waals surface area contributed by atoms with E-state index in [2.05, 4.69) is 21.2 Å². The van der Waals surface area contributed by atoms with Gasteiger partial charge in [0.2, 0.25) is 0 Å². The van der Waals surface area contributed by atoms with Crippen LogP contribution in [-0.2, 0) is 6.54 Å². The van der Waals surface area contributed by atoms with Crippen LogP contribution in [0.4, 0.5) is 5.69 Å². The zero-order valence-electron chi connectivity index (χ0n) is 8.51. The van der Waals surface area contributed by atoms with E-state index in [0.29, 0.717) is 12.2 Å². The molecule has 17 heavy (non-hydrogen) atoms. The highest BCUT2D eigenvalue weighted by molar-refractivity contribution is 9.10. The van der Waals surface area contributed by atoms with Gasteiger partial charge in [0, 0.05) is 5.69 Å². The number of hydrogen-bond donors (Lipinski definition) is 2. The van der Waals surface area contributed by atoms with Gasteiger partial charge >= 0.3 is 0 Å². The molecule has 1 aromatic carbocycles. The van der Waals surface area contributed by atoms with Crippen LogP contribution in [0.1, 0.15) is 5.76 Å². The molecule has 0 atom stereocenters. The highest BCUT2D eigenvalue weighted by Crippen LogP contribution is 2.34. The molecule has 0 amide bonds. The Morgan fingerprint density at radius 2 is 1.94 bits per heavy atom. The molecule has 0 bridgehead atoms. The van der Waals surface area contributed by atoms with Crippen molar-refractivity contribution in [2.24, 2.45) is 0 Å². The predicted octanol–water partition coefficient (Wildman–Crippen LogP) is 4.67. The van der Waals surface area contributed by atoms with Gasteiger partial charge in [-0.15, -0.1) is 0 Å². The third-order valence-corrected chi connectivity index (χ3v) is 3.44. The Morgan fingerprint density at radius 3 is 2.47 bits per heavy atom. The second-order valence-electron chi connectivity index (χ2n) is 3.33. The van der Waals surface area contributed by atoms with Gasteiger partial charge in [-0.25, -0.2) is 0 Å². The Balaban J connectivity index is 2.12. The number of phenolic OH excluding ortho intramolecular Hbond substituents is 1. The summed E-state index contributed by atoms with van der Waals surface area (Å²) in [5.74, 6) is 0.656. The van der Waals surface area contributed by atoms with Crippen molar-refractivity contribution < 1.29 is 9.52 Å². The van der Waals surface area contributed by atoms with Crippen molar-refractivity contribution in [2.75, 3.05) is 5.32 Å². The van der Waals surface area contributed by atoms with Crippen LogP contribution in [0.25, 0.3) is 0 Å². The number of hydrogen-bond acceptors (Lipinski definition) is 3. The van der Waals surface area contributed by atoms with Crippen LogP contribution >= 0.6 is 39.1 Å². The van der Waals surface area contributed by atoms with E-state index >= 15 is 0 Å². The smallest absolute Gasteiger partial charge is 0.152 e. The molecule has 0 spiro atoms. The van der Waals surface area contributed by atoms with Crippen molar-refractivity contribution in [3.63, 3.8) is 0 Å². The Hall–Kier alpha value is -0.840. The Labute approximate surface area is 116 Å². The maximum atomic E-state index is 9.41. The summed E-state index contributed by atoms with van der Waals surface area (Å²) in [5, 5.41) is 12.9. The molecule has 6 heteroatoms. The predicted molar refractivity (Wildman–Crippen MR) is 71.9 cm³/mol. The van der Waals surface area contributed by atoms with Gasteiger partial charge in [-0.2, -0.15) is 0 Å². The molecule has 0 aliphatic carbocycles. The number of anilines is 1. The van der Waals surface area contributed by atoms with Crippen LogP contribution in [0.5, 0.6) is 5.75 Å². The number of benzene rings is 1. The number of nitrogens with one attached hydrogen (secondary N) is 1. The lowest BCUT2D eigenvalue weighted by atomic mass is 10.3. The normalized spacial score (nSPS) is 10.5. The minimum absolute atomic E-state index is 0.113. The summed E-state index contributed by atoms with van der Waals surface area (Å²) < 4.78 is 6.14. The van der Waals surface area contributed by atoms with Gasteiger partial charge < -0.3 is 14.8 Å². The molecular weight excluding hydrogens is 329 g/mol. The van der Waals surface area contributed by atoms with E-state index in [-0.39, 0.29) is 15.8 Å². The Morgan fingerprint density at radius 1 is 1.29 bits per heavy atom. The van der Waals surface area contributed by atoms with E-state index in [4.69, 9.17) is 27.6 Å². The number of aromatic hydroxyl groups is 1. The molecule has 0 aliphatic rings. The highest BCUT2D eigenvalue weighted by atomic mass is 79.9. The topological polar surface area (TPSA) is 45.4 Å². The second-order valence-corrected chi connectivity index (χ2v) is 5.00. The first-order valence-electron chi connectivity index (χ1n) is 4.71. The summed E-state index contributed by atoms with van der Waals surface area (Å²) >= 11 is 15.0. The van der Waals surface area contributed by atoms with Crippen molar-refractivity contribution in [1.82, 2.24) is 0 Å². The van der Waals surface area contributed by atoms with Crippen molar-refractivity contribution in [3.8, 4) is 5.75 Å². The maximum Gasteiger partial charge on any atom is 0.152 e. The van der Waals surface area contributed by atoms with Gasteiger partial charge in [0.15, 0.2) is 5.75 Å². The molecule has 90 valence electrons. The van der Waals surface area contributed by atoms with Crippen molar-refractivity contribution in [3.05, 3.63) is 44.7 Å². The van der Waals surface area contributed by atoms with E-state index in [0.717, 1.165) is 10.2 Å². The van der Waals surface area contributed by atoms with Gasteiger partial charge in [0.05, 0.1) is 27.3 Å². The second kappa shape index (κ2) is 5.21. The lowest BCUT2D eigenvalue weighted by molar-refractivity contribution is 0.476. The van der Waals surface area contributed by atoms with Crippen molar-refractivity contribution >= 4 is 44.8 Å². The van der Waals surface area contributed by atoms with Gasteiger partial charge in [-0.3, -0.25) is 0 Å². The van der Waals surface area contributed by atoms with Gasteiger partial charge in [0.25, 0.3) is 0 Å². The molecule has 2 N–H and O–H groups in total. The summed E-state index contributed by atoms with van der Waals surface area (Å²) in [6, 6.07) is 5.01. The molecule has 0 fully saturated rings. The number of furan rings is 1. The average Bonchev–Trinajstić information content (AvgIpc) is 2.69. The van der Waals surface area contributed by atoms with Crippen LogP contribution < -0.4 is 5.32 Å². The molecule has 2 aromatic rings. The fourth-order valence-electron chi connectivity index (χ4n) is 1.30. The SMILES string of the molecule is Oc1c(Cl)cc(NCc2occc2Br)cc1Cl. The molecule has 1 heterocycles. The lowest BCUT2D eigenvalue weighted by Gasteiger charge is -2.07. The van der Waals surface area contributed by atoms with Crippen LogP contribution in [0, 0.1) is 0 Å². The molecule has 0 aliphatic heterocycles. The molecule has 3 nitrogen and oxygen atoms in total. The standard InChI is InChI=1S/C11H8BrCl2NO2/c12-7-1-2-17-10(7)5-15-6-3-8(13)11(16)9(14)4-6/h1-4,15-16H,5H2. The fourth-order valence-corrected chi connectivity index (χ4v) is 2.13. The lowest BCUT2D eigenvalue weighted by Crippen LogP contribution is -1.98. The first-order chi connectivity index (χ1) is 8.08. The monoisotopic (exact) mass is 335 g/mol. The number of halogens is 3. The minimum Gasteiger partial charge on any atom is -0.505 e. The summed E-state index contributed by atoms with van der Waals surface area (Å²) in [6.07, 6.45) is 1.60. The zero-order valence-corrected chi connectivity index (χ0v) is 11.6. The highest BCUT2D eigenvalue weighted by Gasteiger charge is 2.08. The Kier molecular flexibility index (Phi) is 3.86. The van der Waals surface area contributed by atoms with Gasteiger partial charge in [-0.05, 0) is 34.1 Å². The summed E-state index contributed by atoms with van der Waals surface area (Å²) in [6.45, 7) is 0.491. The van der Waals surface area contributed by atoms with E-state index in [1.807, 2.05) is 6.07 Å². The molecule has 2 rings (SSSR count). The van der Waals surface area contributed by atoms with Crippen molar-refractivity contribution in [1.29, 1.82) is 0 Å². The van der Waals surface area contributed by atoms with Gasteiger partial charge in [0.1, 0.15) is 5.76 Å². The molecule has 0 unspecified atom stereocenters.